The van der Waals surface area contributed by atoms with Crippen molar-refractivity contribution in [2.75, 3.05) is 12.4 Å². The highest BCUT2D eigenvalue weighted by Gasteiger charge is 2.14. The molecule has 1 rings (SSSR count). The monoisotopic (exact) mass is 225 g/mol. The zero-order valence-corrected chi connectivity index (χ0v) is 10.4. The van der Waals surface area contributed by atoms with Crippen molar-refractivity contribution < 1.29 is 0 Å². The first-order chi connectivity index (χ1) is 7.40. The first-order valence-corrected chi connectivity index (χ1v) is 5.46. The van der Waals surface area contributed by atoms with Gasteiger partial charge in [0.15, 0.2) is 0 Å². The minimum Gasteiger partial charge on any atom is -0.374 e. The van der Waals surface area contributed by atoms with Gasteiger partial charge in [0.25, 0.3) is 5.56 Å². The molecular weight excluding hydrogens is 206 g/mol. The maximum absolute atomic E-state index is 12.1. The highest BCUT2D eigenvalue weighted by Crippen LogP contribution is 2.09. The van der Waals surface area contributed by atoms with Crippen LogP contribution in [0.4, 0.5) is 5.82 Å². The van der Waals surface area contributed by atoms with E-state index in [1.54, 1.807) is 11.6 Å². The fourth-order valence-electron chi connectivity index (χ4n) is 1.74. The van der Waals surface area contributed by atoms with Gasteiger partial charge in [0.05, 0.1) is 0 Å². The van der Waals surface area contributed by atoms with Crippen LogP contribution in [0, 0.1) is 0 Å². The molecule has 0 atom stereocenters. The average molecular weight is 225 g/mol. The van der Waals surface area contributed by atoms with Crippen LogP contribution in [-0.2, 0) is 0 Å². The normalized spacial score (nSPS) is 11.2. The standard InChI is InChI=1S/C11H19N3O2/c1-7(2)13-9(12-5)6-10(15)14(8(3)4)11(13)16/h6-8,12H,1-5H3. The number of nitrogens with zero attached hydrogens (tertiary/aromatic N) is 2. The smallest absolute Gasteiger partial charge is 0.333 e. The molecule has 0 aromatic carbocycles. The summed E-state index contributed by atoms with van der Waals surface area (Å²) in [6, 6.07) is 1.35. The van der Waals surface area contributed by atoms with E-state index in [2.05, 4.69) is 5.32 Å². The third-order valence-corrected chi connectivity index (χ3v) is 2.46. The van der Waals surface area contributed by atoms with Crippen LogP contribution in [0.15, 0.2) is 15.7 Å². The molecule has 5 nitrogen and oxygen atoms in total. The van der Waals surface area contributed by atoms with E-state index in [0.717, 1.165) is 0 Å². The third-order valence-electron chi connectivity index (χ3n) is 2.46. The van der Waals surface area contributed by atoms with Crippen molar-refractivity contribution in [2.45, 2.75) is 39.8 Å². The summed E-state index contributed by atoms with van der Waals surface area (Å²) in [4.78, 5) is 23.9. The maximum Gasteiger partial charge on any atom is 0.333 e. The lowest BCUT2D eigenvalue weighted by molar-refractivity contribution is 0.478. The molecule has 0 aliphatic carbocycles. The van der Waals surface area contributed by atoms with Gasteiger partial charge < -0.3 is 5.32 Å². The minimum absolute atomic E-state index is 0.0144. The molecule has 16 heavy (non-hydrogen) atoms. The summed E-state index contributed by atoms with van der Waals surface area (Å²) in [6.07, 6.45) is 0. The van der Waals surface area contributed by atoms with Crippen LogP contribution < -0.4 is 16.6 Å². The van der Waals surface area contributed by atoms with Crippen LogP contribution in [0.3, 0.4) is 0 Å². The Balaban J connectivity index is 3.66. The van der Waals surface area contributed by atoms with Gasteiger partial charge >= 0.3 is 5.69 Å². The summed E-state index contributed by atoms with van der Waals surface area (Å²) in [5.41, 5.74) is -0.525. The van der Waals surface area contributed by atoms with Crippen molar-refractivity contribution in [3.63, 3.8) is 0 Å². The third kappa shape index (κ3) is 2.03. The van der Waals surface area contributed by atoms with Crippen LogP contribution >= 0.6 is 0 Å². The fraction of sp³-hybridized carbons (Fsp3) is 0.636. The Bertz CT molecular complexity index is 483. The maximum atomic E-state index is 12.1. The zero-order valence-electron chi connectivity index (χ0n) is 10.4. The molecule has 90 valence electrons. The lowest BCUT2D eigenvalue weighted by atomic mass is 10.3. The van der Waals surface area contributed by atoms with Crippen LogP contribution in [0.1, 0.15) is 39.8 Å². The molecule has 1 heterocycles. The molecule has 0 aliphatic heterocycles. The van der Waals surface area contributed by atoms with E-state index in [1.165, 1.54) is 10.6 Å². The number of hydrogen-bond donors (Lipinski definition) is 1. The summed E-state index contributed by atoms with van der Waals surface area (Å²) in [6.45, 7) is 7.48. The Kier molecular flexibility index (Phi) is 3.57. The van der Waals surface area contributed by atoms with E-state index in [-0.39, 0.29) is 23.3 Å². The van der Waals surface area contributed by atoms with Gasteiger partial charge in [-0.15, -0.1) is 0 Å². The van der Waals surface area contributed by atoms with Gasteiger partial charge in [0.1, 0.15) is 5.82 Å². The molecule has 0 fully saturated rings. The van der Waals surface area contributed by atoms with Gasteiger partial charge in [-0.1, -0.05) is 0 Å². The first kappa shape index (κ1) is 12.5. The molecule has 1 aromatic heterocycles. The van der Waals surface area contributed by atoms with Crippen molar-refractivity contribution in [1.82, 2.24) is 9.13 Å². The molecule has 0 amide bonds. The largest absolute Gasteiger partial charge is 0.374 e. The molecule has 1 aromatic rings. The summed E-state index contributed by atoms with van der Waals surface area (Å²) >= 11 is 0. The Hall–Kier alpha value is -1.52. The summed E-state index contributed by atoms with van der Waals surface area (Å²) in [5, 5.41) is 2.87. The van der Waals surface area contributed by atoms with E-state index >= 15 is 0 Å². The number of aromatic nitrogens is 2. The van der Waals surface area contributed by atoms with E-state index < -0.39 is 0 Å². The van der Waals surface area contributed by atoms with Crippen LogP contribution in [0.2, 0.25) is 0 Å². The molecule has 0 aliphatic rings. The van der Waals surface area contributed by atoms with Gasteiger partial charge in [0, 0.05) is 25.2 Å². The van der Waals surface area contributed by atoms with E-state index in [0.29, 0.717) is 5.82 Å². The molecule has 0 saturated heterocycles. The van der Waals surface area contributed by atoms with Crippen molar-refractivity contribution in [2.24, 2.45) is 0 Å². The van der Waals surface area contributed by atoms with Crippen LogP contribution in [0.5, 0.6) is 0 Å². The van der Waals surface area contributed by atoms with Gasteiger partial charge in [-0.2, -0.15) is 0 Å². The van der Waals surface area contributed by atoms with Gasteiger partial charge in [0.2, 0.25) is 0 Å². The quantitative estimate of drug-likeness (QED) is 0.841. The van der Waals surface area contributed by atoms with Crippen molar-refractivity contribution >= 4 is 5.82 Å². The second-order valence-electron chi connectivity index (χ2n) is 4.33. The molecule has 0 spiro atoms. The van der Waals surface area contributed by atoms with Crippen molar-refractivity contribution in [1.29, 1.82) is 0 Å². The molecule has 0 saturated carbocycles. The SMILES string of the molecule is CNc1cc(=O)n(C(C)C)c(=O)n1C(C)C. The summed E-state index contributed by atoms with van der Waals surface area (Å²) < 4.78 is 2.85. The Morgan fingerprint density at radius 2 is 1.56 bits per heavy atom. The number of rotatable bonds is 3. The van der Waals surface area contributed by atoms with Crippen molar-refractivity contribution in [3.05, 3.63) is 26.9 Å². The average Bonchev–Trinajstić information content (AvgIpc) is 2.14. The Morgan fingerprint density at radius 1 is 1.06 bits per heavy atom. The molecule has 1 N–H and O–H groups in total. The molecule has 0 bridgehead atoms. The fourth-order valence-corrected chi connectivity index (χ4v) is 1.74. The molecule has 0 unspecified atom stereocenters. The Morgan fingerprint density at radius 3 is 1.94 bits per heavy atom. The summed E-state index contributed by atoms with van der Waals surface area (Å²) in [7, 11) is 1.70. The van der Waals surface area contributed by atoms with Crippen LogP contribution in [-0.4, -0.2) is 16.2 Å². The number of nitrogens with one attached hydrogen (secondary N) is 1. The van der Waals surface area contributed by atoms with Gasteiger partial charge in [-0.05, 0) is 27.7 Å². The molecular formula is C11H19N3O2. The van der Waals surface area contributed by atoms with E-state index in [1.807, 2.05) is 27.7 Å². The highest BCUT2D eigenvalue weighted by atomic mass is 16.2. The molecule has 0 radical (unpaired) electrons. The number of anilines is 1. The summed E-state index contributed by atoms with van der Waals surface area (Å²) in [5.74, 6) is 0.557. The number of hydrogen-bond acceptors (Lipinski definition) is 3. The Labute approximate surface area is 94.7 Å². The second-order valence-corrected chi connectivity index (χ2v) is 4.33. The molecule has 5 heteroatoms. The van der Waals surface area contributed by atoms with E-state index in [9.17, 15) is 9.59 Å². The highest BCUT2D eigenvalue weighted by molar-refractivity contribution is 5.33. The van der Waals surface area contributed by atoms with Gasteiger partial charge in [-0.3, -0.25) is 13.9 Å². The predicted molar refractivity (Wildman–Crippen MR) is 65.3 cm³/mol. The lowest BCUT2D eigenvalue weighted by Crippen LogP contribution is -2.41. The van der Waals surface area contributed by atoms with Crippen LogP contribution in [0.25, 0.3) is 0 Å². The predicted octanol–water partition coefficient (Wildman–Crippen LogP) is 1.21. The van der Waals surface area contributed by atoms with Crippen molar-refractivity contribution in [3.8, 4) is 0 Å². The lowest BCUT2D eigenvalue weighted by Gasteiger charge is -2.19. The zero-order chi connectivity index (χ0) is 12.5. The van der Waals surface area contributed by atoms with E-state index in [4.69, 9.17) is 0 Å². The van der Waals surface area contributed by atoms with Gasteiger partial charge in [-0.25, -0.2) is 4.79 Å². The first-order valence-electron chi connectivity index (χ1n) is 5.46. The second kappa shape index (κ2) is 4.55. The topological polar surface area (TPSA) is 56.0 Å². The minimum atomic E-state index is -0.263.